The molecule has 0 fully saturated rings. The zero-order valence-corrected chi connectivity index (χ0v) is 11.6. The van der Waals surface area contributed by atoms with Crippen molar-refractivity contribution in [2.24, 2.45) is 0 Å². The Hall–Kier alpha value is -2.04. The Morgan fingerprint density at radius 3 is 2.53 bits per heavy atom. The standard InChI is InChI=1S/C14H20N2O3/c1-4-5-16(9-13(17)19-3)14(18)11-6-10(2)7-12(15)8-11/h6-8H,4-5,9,15H2,1-3H3. The summed E-state index contributed by atoms with van der Waals surface area (Å²) in [6.07, 6.45) is 0.768. The number of carbonyl (C=O) groups excluding carboxylic acids is 2. The molecule has 5 nitrogen and oxygen atoms in total. The van der Waals surface area contributed by atoms with E-state index in [1.807, 2.05) is 13.8 Å². The molecular weight excluding hydrogens is 244 g/mol. The lowest BCUT2D eigenvalue weighted by molar-refractivity contribution is -0.141. The number of anilines is 1. The average Bonchev–Trinajstić information content (AvgIpc) is 2.36. The summed E-state index contributed by atoms with van der Waals surface area (Å²) in [6, 6.07) is 5.18. The van der Waals surface area contributed by atoms with Gasteiger partial charge in [-0.05, 0) is 37.1 Å². The number of methoxy groups -OCH3 is 1. The fraction of sp³-hybridized carbons (Fsp3) is 0.429. The normalized spacial score (nSPS) is 10.1. The van der Waals surface area contributed by atoms with Gasteiger partial charge in [0, 0.05) is 17.8 Å². The Kier molecular flexibility index (Phi) is 5.36. The van der Waals surface area contributed by atoms with E-state index < -0.39 is 5.97 Å². The number of aryl methyl sites for hydroxylation is 1. The predicted octanol–water partition coefficient (Wildman–Crippen LogP) is 1.60. The minimum atomic E-state index is -0.428. The second kappa shape index (κ2) is 6.78. The largest absolute Gasteiger partial charge is 0.468 e. The molecule has 0 aliphatic heterocycles. The molecule has 0 aliphatic carbocycles. The van der Waals surface area contributed by atoms with Gasteiger partial charge in [0.1, 0.15) is 6.54 Å². The first kappa shape index (κ1) is 15.0. The monoisotopic (exact) mass is 264 g/mol. The number of carbonyl (C=O) groups is 2. The van der Waals surface area contributed by atoms with Crippen LogP contribution in [-0.4, -0.2) is 37.0 Å². The SMILES string of the molecule is CCCN(CC(=O)OC)C(=O)c1cc(C)cc(N)c1. The zero-order chi connectivity index (χ0) is 14.4. The highest BCUT2D eigenvalue weighted by Gasteiger charge is 2.18. The summed E-state index contributed by atoms with van der Waals surface area (Å²) < 4.78 is 4.60. The fourth-order valence-electron chi connectivity index (χ4n) is 1.86. The van der Waals surface area contributed by atoms with Gasteiger partial charge in [0.25, 0.3) is 5.91 Å². The molecule has 19 heavy (non-hydrogen) atoms. The van der Waals surface area contributed by atoms with Gasteiger partial charge in [0.15, 0.2) is 0 Å². The minimum absolute atomic E-state index is 0.0446. The molecule has 0 heterocycles. The number of nitrogens with two attached hydrogens (primary N) is 1. The summed E-state index contributed by atoms with van der Waals surface area (Å²) in [7, 11) is 1.31. The van der Waals surface area contributed by atoms with Gasteiger partial charge in [-0.25, -0.2) is 0 Å². The maximum atomic E-state index is 12.4. The quantitative estimate of drug-likeness (QED) is 0.647. The highest BCUT2D eigenvalue weighted by molar-refractivity contribution is 5.96. The van der Waals surface area contributed by atoms with Crippen LogP contribution in [0.3, 0.4) is 0 Å². The molecule has 0 spiro atoms. The lowest BCUT2D eigenvalue weighted by Gasteiger charge is -2.21. The van der Waals surface area contributed by atoms with Gasteiger partial charge in [-0.1, -0.05) is 6.92 Å². The molecule has 0 atom stereocenters. The molecule has 0 bridgehead atoms. The van der Waals surface area contributed by atoms with Crippen LogP contribution in [0, 0.1) is 6.92 Å². The van der Waals surface area contributed by atoms with Gasteiger partial charge in [0.2, 0.25) is 0 Å². The molecule has 2 N–H and O–H groups in total. The van der Waals surface area contributed by atoms with E-state index in [1.165, 1.54) is 12.0 Å². The Morgan fingerprint density at radius 1 is 1.32 bits per heavy atom. The Bertz CT molecular complexity index is 452. The summed E-state index contributed by atoms with van der Waals surface area (Å²) in [5, 5.41) is 0. The first-order valence-corrected chi connectivity index (χ1v) is 6.21. The molecule has 1 amide bonds. The van der Waals surface area contributed by atoms with Gasteiger partial charge in [0.05, 0.1) is 7.11 Å². The zero-order valence-electron chi connectivity index (χ0n) is 11.6. The average molecular weight is 264 g/mol. The lowest BCUT2D eigenvalue weighted by Crippen LogP contribution is -2.36. The van der Waals surface area contributed by atoms with E-state index in [1.54, 1.807) is 18.2 Å². The summed E-state index contributed by atoms with van der Waals surface area (Å²) in [5.41, 5.74) is 7.69. The molecule has 0 aliphatic rings. The highest BCUT2D eigenvalue weighted by atomic mass is 16.5. The van der Waals surface area contributed by atoms with Crippen LogP contribution in [0.4, 0.5) is 5.69 Å². The number of esters is 1. The summed E-state index contributed by atoms with van der Waals surface area (Å²) >= 11 is 0. The number of rotatable bonds is 5. The van der Waals surface area contributed by atoms with Crippen molar-refractivity contribution in [2.45, 2.75) is 20.3 Å². The third kappa shape index (κ3) is 4.28. The molecule has 0 aromatic heterocycles. The molecule has 104 valence electrons. The summed E-state index contributed by atoms with van der Waals surface area (Å²) in [6.45, 7) is 4.28. The van der Waals surface area contributed by atoms with E-state index in [0.29, 0.717) is 17.8 Å². The number of benzene rings is 1. The number of ether oxygens (including phenoxy) is 1. The first-order valence-electron chi connectivity index (χ1n) is 6.21. The molecule has 1 aromatic rings. The van der Waals surface area contributed by atoms with E-state index in [9.17, 15) is 9.59 Å². The van der Waals surface area contributed by atoms with Gasteiger partial charge in [-0.3, -0.25) is 9.59 Å². The molecule has 1 rings (SSSR count). The van der Waals surface area contributed by atoms with Crippen LogP contribution in [0.1, 0.15) is 29.3 Å². The third-order valence-electron chi connectivity index (χ3n) is 2.67. The van der Waals surface area contributed by atoms with Crippen molar-refractivity contribution in [3.8, 4) is 0 Å². The maximum Gasteiger partial charge on any atom is 0.325 e. The van der Waals surface area contributed by atoms with Crippen LogP contribution in [0.5, 0.6) is 0 Å². The van der Waals surface area contributed by atoms with Crippen molar-refractivity contribution in [3.63, 3.8) is 0 Å². The van der Waals surface area contributed by atoms with E-state index >= 15 is 0 Å². The van der Waals surface area contributed by atoms with Crippen molar-refractivity contribution in [1.29, 1.82) is 0 Å². The van der Waals surface area contributed by atoms with Crippen LogP contribution >= 0.6 is 0 Å². The van der Waals surface area contributed by atoms with Gasteiger partial charge >= 0.3 is 5.97 Å². The third-order valence-corrected chi connectivity index (χ3v) is 2.67. The van der Waals surface area contributed by atoms with Crippen molar-refractivity contribution in [1.82, 2.24) is 4.90 Å². The van der Waals surface area contributed by atoms with E-state index in [0.717, 1.165) is 12.0 Å². The number of hydrogen-bond acceptors (Lipinski definition) is 4. The van der Waals surface area contributed by atoms with E-state index in [4.69, 9.17) is 5.73 Å². The maximum absolute atomic E-state index is 12.4. The minimum Gasteiger partial charge on any atom is -0.468 e. The van der Waals surface area contributed by atoms with Gasteiger partial charge < -0.3 is 15.4 Å². The Labute approximate surface area is 113 Å². The molecular formula is C14H20N2O3. The lowest BCUT2D eigenvalue weighted by atomic mass is 10.1. The fourth-order valence-corrected chi connectivity index (χ4v) is 1.86. The number of amides is 1. The molecule has 1 aromatic carbocycles. The second-order valence-electron chi connectivity index (χ2n) is 4.44. The van der Waals surface area contributed by atoms with Crippen LogP contribution in [-0.2, 0) is 9.53 Å². The first-order chi connectivity index (χ1) is 8.97. The van der Waals surface area contributed by atoms with Gasteiger partial charge in [-0.2, -0.15) is 0 Å². The van der Waals surface area contributed by atoms with Crippen molar-refractivity contribution < 1.29 is 14.3 Å². The van der Waals surface area contributed by atoms with Crippen molar-refractivity contribution >= 4 is 17.6 Å². The van der Waals surface area contributed by atoms with Crippen molar-refractivity contribution in [3.05, 3.63) is 29.3 Å². The van der Waals surface area contributed by atoms with Gasteiger partial charge in [-0.15, -0.1) is 0 Å². The summed E-state index contributed by atoms with van der Waals surface area (Å²) in [4.78, 5) is 25.2. The Balaban J connectivity index is 2.94. The van der Waals surface area contributed by atoms with Crippen molar-refractivity contribution in [2.75, 3.05) is 25.9 Å². The predicted molar refractivity (Wildman–Crippen MR) is 73.8 cm³/mol. The molecule has 0 unspecified atom stereocenters. The van der Waals surface area contributed by atoms with Crippen LogP contribution in [0.15, 0.2) is 18.2 Å². The topological polar surface area (TPSA) is 72.6 Å². The molecule has 5 heteroatoms. The van der Waals surface area contributed by atoms with E-state index in [-0.39, 0.29) is 12.5 Å². The van der Waals surface area contributed by atoms with Crippen LogP contribution in [0.2, 0.25) is 0 Å². The van der Waals surface area contributed by atoms with Crippen LogP contribution < -0.4 is 5.73 Å². The number of hydrogen-bond donors (Lipinski definition) is 1. The number of nitrogen functional groups attached to an aromatic ring is 1. The second-order valence-corrected chi connectivity index (χ2v) is 4.44. The highest BCUT2D eigenvalue weighted by Crippen LogP contribution is 2.14. The summed E-state index contributed by atoms with van der Waals surface area (Å²) in [5.74, 6) is -0.634. The van der Waals surface area contributed by atoms with Crippen LogP contribution in [0.25, 0.3) is 0 Å². The Morgan fingerprint density at radius 2 is 2.00 bits per heavy atom. The van der Waals surface area contributed by atoms with E-state index in [2.05, 4.69) is 4.74 Å². The smallest absolute Gasteiger partial charge is 0.325 e. The number of nitrogens with zero attached hydrogens (tertiary/aromatic N) is 1. The molecule has 0 radical (unpaired) electrons. The molecule has 0 saturated heterocycles. The molecule has 0 saturated carbocycles.